The van der Waals surface area contributed by atoms with Crippen LogP contribution in [0.2, 0.25) is 13.8 Å². The van der Waals surface area contributed by atoms with Gasteiger partial charge in [0.25, 0.3) is 0 Å². The summed E-state index contributed by atoms with van der Waals surface area (Å²) in [6, 6.07) is 0. The summed E-state index contributed by atoms with van der Waals surface area (Å²) in [7, 11) is 0. The van der Waals surface area contributed by atoms with Gasteiger partial charge in [0.05, 0.1) is 0 Å². The van der Waals surface area contributed by atoms with Crippen LogP contribution < -0.4 is 0 Å². The summed E-state index contributed by atoms with van der Waals surface area (Å²) in [5.41, 5.74) is 0. The average molecular weight is 505 g/mol. The molecule has 0 radical (unpaired) electrons. The Morgan fingerprint density at radius 3 is 1.43 bits per heavy atom. The second-order valence-electron chi connectivity index (χ2n) is 8.21. The summed E-state index contributed by atoms with van der Waals surface area (Å²) in [6.45, 7) is 8.55. The fraction of sp³-hybridized carbons (Fsp3) is 0.913. The quantitative estimate of drug-likeness (QED) is 0.122. The van der Waals surface area contributed by atoms with Gasteiger partial charge in [-0.25, -0.2) is 0 Å². The van der Waals surface area contributed by atoms with Crippen LogP contribution in [-0.4, -0.2) is 43.9 Å². The number of rotatable bonds is 18. The number of unbranched alkanes of at least 4 members (excludes halogenated alkanes) is 4. The Hall–Kier alpha value is -0.261. The Bertz CT molecular complexity index is 364. The third kappa shape index (κ3) is 15.6. The van der Waals surface area contributed by atoms with Crippen LogP contribution in [0.5, 0.6) is 0 Å². The maximum atomic E-state index is 12.1. The minimum atomic E-state index is -1.80. The summed E-state index contributed by atoms with van der Waals surface area (Å²) in [5.74, 6) is -0.0899. The molecular formula is C23H46O4Sn. The van der Waals surface area contributed by atoms with Crippen molar-refractivity contribution in [1.82, 2.24) is 0 Å². The van der Waals surface area contributed by atoms with Gasteiger partial charge in [0.2, 0.25) is 0 Å². The van der Waals surface area contributed by atoms with E-state index in [1.54, 1.807) is 0 Å². The number of hydrogen-bond acceptors (Lipinski definition) is 4. The van der Waals surface area contributed by atoms with Crippen molar-refractivity contribution in [3.8, 4) is 0 Å². The molecule has 0 aliphatic rings. The molecule has 0 rings (SSSR count). The number of ether oxygens (including phenoxy) is 2. The zero-order chi connectivity index (χ0) is 21.2. The van der Waals surface area contributed by atoms with Gasteiger partial charge in [0.15, 0.2) is 0 Å². The molecule has 0 saturated heterocycles. The average Bonchev–Trinajstić information content (AvgIpc) is 2.69. The van der Waals surface area contributed by atoms with Gasteiger partial charge in [0, 0.05) is 0 Å². The molecule has 0 amide bonds. The minimum absolute atomic E-state index is 0.0450. The van der Waals surface area contributed by atoms with Crippen molar-refractivity contribution < 1.29 is 19.1 Å². The first kappa shape index (κ1) is 27.7. The summed E-state index contributed by atoms with van der Waals surface area (Å²) >= 11 is -1.80. The first-order valence-corrected chi connectivity index (χ1v) is 19.8. The Labute approximate surface area is 181 Å². The zero-order valence-corrected chi connectivity index (χ0v) is 22.6. The molecule has 166 valence electrons. The van der Waals surface area contributed by atoms with Crippen LogP contribution in [0.4, 0.5) is 0 Å². The molecule has 0 spiro atoms. The molecule has 5 heteroatoms. The fourth-order valence-electron chi connectivity index (χ4n) is 3.30. The van der Waals surface area contributed by atoms with Crippen molar-refractivity contribution in [3.05, 3.63) is 0 Å². The number of esters is 2. The predicted octanol–water partition coefficient (Wildman–Crippen LogP) is 6.43. The van der Waals surface area contributed by atoms with E-state index in [-0.39, 0.29) is 24.1 Å². The topological polar surface area (TPSA) is 52.6 Å². The first-order chi connectivity index (χ1) is 13.5. The van der Waals surface area contributed by atoms with E-state index in [1.807, 2.05) is 0 Å². The van der Waals surface area contributed by atoms with Crippen LogP contribution >= 0.6 is 0 Å². The molecule has 4 nitrogen and oxygen atoms in total. The van der Waals surface area contributed by atoms with Crippen molar-refractivity contribution >= 4 is 31.7 Å². The van der Waals surface area contributed by atoms with Gasteiger partial charge in [-0.05, 0) is 0 Å². The normalized spacial score (nSPS) is 14.3. The van der Waals surface area contributed by atoms with Crippen molar-refractivity contribution in [3.63, 3.8) is 0 Å². The van der Waals surface area contributed by atoms with Gasteiger partial charge in [-0.3, -0.25) is 0 Å². The molecule has 0 aliphatic heterocycles. The molecule has 0 bridgehead atoms. The molecule has 2 unspecified atom stereocenters. The van der Waals surface area contributed by atoms with Crippen LogP contribution in [0, 0.1) is 0 Å². The van der Waals surface area contributed by atoms with Crippen LogP contribution in [-0.2, 0) is 19.1 Å². The van der Waals surface area contributed by atoms with Crippen LogP contribution in [0.25, 0.3) is 0 Å². The summed E-state index contributed by atoms with van der Waals surface area (Å²) in [6.07, 6.45) is 12.1. The second kappa shape index (κ2) is 18.7. The van der Waals surface area contributed by atoms with E-state index in [2.05, 4.69) is 32.6 Å². The monoisotopic (exact) mass is 506 g/mol. The van der Waals surface area contributed by atoms with E-state index in [9.17, 15) is 9.59 Å². The number of hydrogen-bond donors (Lipinski definition) is 0. The third-order valence-electron chi connectivity index (χ3n) is 5.45. The molecule has 28 heavy (non-hydrogen) atoms. The molecule has 0 aliphatic carbocycles. The Morgan fingerprint density at radius 2 is 1.11 bits per heavy atom. The van der Waals surface area contributed by atoms with Crippen molar-refractivity contribution in [1.29, 1.82) is 0 Å². The molecule has 0 fully saturated rings. The van der Waals surface area contributed by atoms with Gasteiger partial charge < -0.3 is 0 Å². The van der Waals surface area contributed by atoms with E-state index < -0.39 is 19.8 Å². The molecule has 0 heterocycles. The SMILES string of the molecule is CCCCCC(CC)OC(=O)C[CH2][SnH]([CH3])[CH2]CC(=O)OC(CC)CCCCC. The summed E-state index contributed by atoms with van der Waals surface area (Å²) in [5, 5.41) is 0. The number of carbonyl (C=O) groups excluding carboxylic acids is 2. The second-order valence-corrected chi connectivity index (χ2v) is 17.8. The Balaban J connectivity index is 3.98. The van der Waals surface area contributed by atoms with Gasteiger partial charge in [-0.2, -0.15) is 0 Å². The van der Waals surface area contributed by atoms with Gasteiger partial charge >= 0.3 is 182 Å². The zero-order valence-electron chi connectivity index (χ0n) is 19.3. The third-order valence-corrected chi connectivity index (χ3v) is 12.7. The van der Waals surface area contributed by atoms with Gasteiger partial charge in [-0.1, -0.05) is 0 Å². The molecule has 2 atom stereocenters. The van der Waals surface area contributed by atoms with Crippen molar-refractivity contribution in [2.24, 2.45) is 0 Å². The van der Waals surface area contributed by atoms with E-state index in [1.165, 1.54) is 25.7 Å². The molecule has 0 saturated carbocycles. The summed E-state index contributed by atoms with van der Waals surface area (Å²) < 4.78 is 13.2. The van der Waals surface area contributed by atoms with E-state index in [4.69, 9.17) is 9.47 Å². The maximum absolute atomic E-state index is 12.1. The van der Waals surface area contributed by atoms with E-state index in [0.717, 1.165) is 47.4 Å². The van der Waals surface area contributed by atoms with Crippen LogP contribution in [0.3, 0.4) is 0 Å². The van der Waals surface area contributed by atoms with Crippen LogP contribution in [0.1, 0.15) is 105 Å². The molecule has 0 aromatic heterocycles. The molecule has 0 aromatic rings. The first-order valence-electron chi connectivity index (χ1n) is 11.9. The molecule has 0 N–H and O–H groups in total. The van der Waals surface area contributed by atoms with Crippen LogP contribution in [0.15, 0.2) is 0 Å². The standard InChI is InChI=1S/2C11H21O2.CH3.Sn.H/c2*1-4-7-8-9-10(5-2)13-11(12)6-3;;;/h2*10H,3-9H2,1-2H3;1H3;;. The predicted molar refractivity (Wildman–Crippen MR) is 120 cm³/mol. The fourth-order valence-corrected chi connectivity index (χ4v) is 8.28. The van der Waals surface area contributed by atoms with Crippen molar-refractivity contribution in [2.45, 2.75) is 131 Å². The van der Waals surface area contributed by atoms with E-state index >= 15 is 0 Å². The summed E-state index contributed by atoms with van der Waals surface area (Å²) in [4.78, 5) is 26.5. The van der Waals surface area contributed by atoms with E-state index in [0.29, 0.717) is 12.8 Å². The Kier molecular flexibility index (Phi) is 18.6. The van der Waals surface area contributed by atoms with Crippen molar-refractivity contribution in [2.75, 3.05) is 0 Å². The molecule has 0 aromatic carbocycles. The molecular weight excluding hydrogens is 459 g/mol. The number of carbonyl (C=O) groups is 2. The van der Waals surface area contributed by atoms with Gasteiger partial charge in [-0.15, -0.1) is 0 Å². The van der Waals surface area contributed by atoms with Gasteiger partial charge in [0.1, 0.15) is 0 Å². The Morgan fingerprint density at radius 1 is 0.714 bits per heavy atom.